The molecule has 1 N–H and O–H groups in total. The van der Waals surface area contributed by atoms with Crippen LogP contribution in [0.5, 0.6) is 0 Å². The van der Waals surface area contributed by atoms with Crippen molar-refractivity contribution in [2.45, 2.75) is 18.6 Å². The van der Waals surface area contributed by atoms with E-state index in [4.69, 9.17) is 22.8 Å². The zero-order chi connectivity index (χ0) is 16.1. The van der Waals surface area contributed by atoms with E-state index in [1.807, 2.05) is 6.26 Å². The van der Waals surface area contributed by atoms with Crippen molar-refractivity contribution in [1.82, 2.24) is 0 Å². The van der Waals surface area contributed by atoms with Gasteiger partial charge in [0.1, 0.15) is 12.7 Å². The number of aliphatic hydroxyl groups excluding tert-OH is 1. The molecule has 0 fully saturated rings. The minimum Gasteiger partial charge on any atom is -0.462 e. The van der Waals surface area contributed by atoms with Crippen LogP contribution in [-0.2, 0) is 27.5 Å². The first-order valence-corrected chi connectivity index (χ1v) is 9.92. The molecule has 1 atom stereocenters. The summed E-state index contributed by atoms with van der Waals surface area (Å²) in [5.41, 5.74) is 0. The molecule has 7 nitrogen and oxygen atoms in total. The number of aliphatic hydroxyl groups is 1. The number of thioether (sulfide) groups is 1. The fraction of sp³-hybridized carbons (Fsp3) is 0.917. The molecule has 0 aromatic carbocycles. The highest BCUT2D eigenvalue weighted by Crippen LogP contribution is 2.14. The maximum Gasteiger partial charge on any atom is 0.500 e. The van der Waals surface area contributed by atoms with Crippen molar-refractivity contribution in [3.63, 3.8) is 0 Å². The van der Waals surface area contributed by atoms with Gasteiger partial charge in [0, 0.05) is 34.0 Å². The van der Waals surface area contributed by atoms with Crippen LogP contribution >= 0.6 is 11.8 Å². The Morgan fingerprint density at radius 1 is 1.19 bits per heavy atom. The molecule has 0 aromatic heterocycles. The lowest BCUT2D eigenvalue weighted by Crippen LogP contribution is -2.42. The van der Waals surface area contributed by atoms with Gasteiger partial charge in [-0.2, -0.15) is 11.8 Å². The van der Waals surface area contributed by atoms with Crippen molar-refractivity contribution < 1.29 is 32.7 Å². The molecule has 1 unspecified atom stereocenters. The molecule has 9 heteroatoms. The molecule has 21 heavy (non-hydrogen) atoms. The number of carbonyl (C=O) groups excluding carboxylic acids is 1. The van der Waals surface area contributed by atoms with Gasteiger partial charge in [0.25, 0.3) is 0 Å². The summed E-state index contributed by atoms with van der Waals surface area (Å²) < 4.78 is 26.0. The average molecular weight is 342 g/mol. The van der Waals surface area contributed by atoms with Crippen LogP contribution in [-0.4, -0.2) is 79.1 Å². The zero-order valence-electron chi connectivity index (χ0n) is 13.1. The molecule has 0 aliphatic rings. The number of rotatable bonds is 13. The first-order chi connectivity index (χ1) is 10.0. The van der Waals surface area contributed by atoms with Gasteiger partial charge in [-0.1, -0.05) is 0 Å². The predicted octanol–water partition coefficient (Wildman–Crippen LogP) is 0.538. The van der Waals surface area contributed by atoms with Gasteiger partial charge in [0.05, 0.1) is 12.4 Å². The van der Waals surface area contributed by atoms with E-state index < -0.39 is 14.9 Å². The molecule has 0 aliphatic carbocycles. The molecule has 0 heterocycles. The van der Waals surface area contributed by atoms with Crippen LogP contribution in [0.3, 0.4) is 0 Å². The van der Waals surface area contributed by atoms with Gasteiger partial charge in [-0.15, -0.1) is 0 Å². The smallest absolute Gasteiger partial charge is 0.462 e. The van der Waals surface area contributed by atoms with Crippen molar-refractivity contribution in [1.29, 1.82) is 0 Å². The summed E-state index contributed by atoms with van der Waals surface area (Å²) in [6, 6.07) is 0.634. The standard InChI is InChI=1S/C12H26O7SSi/c1-15-21(16-2,17-3)7-5-6-18-8-11(13)9-19-12(14)10-20-4/h11,13H,5-10H2,1-4H3. The van der Waals surface area contributed by atoms with E-state index >= 15 is 0 Å². The molecule has 0 rings (SSSR count). The lowest BCUT2D eigenvalue weighted by atomic mass is 10.4. The second kappa shape index (κ2) is 12.4. The number of carbonyl (C=O) groups is 1. The van der Waals surface area contributed by atoms with Gasteiger partial charge >= 0.3 is 14.8 Å². The third kappa shape index (κ3) is 9.45. The van der Waals surface area contributed by atoms with E-state index in [-0.39, 0.29) is 24.9 Å². The van der Waals surface area contributed by atoms with E-state index in [1.165, 1.54) is 11.8 Å². The lowest BCUT2D eigenvalue weighted by Gasteiger charge is -2.24. The fourth-order valence-corrected chi connectivity index (χ4v) is 3.57. The van der Waals surface area contributed by atoms with Gasteiger partial charge < -0.3 is 27.9 Å². The second-order valence-electron chi connectivity index (χ2n) is 4.24. The van der Waals surface area contributed by atoms with E-state index in [0.717, 1.165) is 0 Å². The van der Waals surface area contributed by atoms with Crippen LogP contribution in [0.25, 0.3) is 0 Å². The molecule has 0 aliphatic heterocycles. The minimum absolute atomic E-state index is 0.0493. The lowest BCUT2D eigenvalue weighted by molar-refractivity contribution is -0.144. The zero-order valence-corrected chi connectivity index (χ0v) is 14.9. The van der Waals surface area contributed by atoms with E-state index in [9.17, 15) is 9.90 Å². The Balaban J connectivity index is 3.68. The normalized spacial score (nSPS) is 13.2. The van der Waals surface area contributed by atoms with Crippen molar-refractivity contribution >= 4 is 26.5 Å². The average Bonchev–Trinajstić information content (AvgIpc) is 2.50. The van der Waals surface area contributed by atoms with Gasteiger partial charge in [0.2, 0.25) is 0 Å². The van der Waals surface area contributed by atoms with Crippen molar-refractivity contribution in [3.8, 4) is 0 Å². The Bertz CT molecular complexity index is 268. The first kappa shape index (κ1) is 20.8. The van der Waals surface area contributed by atoms with Crippen LogP contribution in [0.1, 0.15) is 6.42 Å². The molecule has 0 saturated heterocycles. The Morgan fingerprint density at radius 2 is 1.81 bits per heavy atom. The van der Waals surface area contributed by atoms with Gasteiger partial charge in [0.15, 0.2) is 0 Å². The number of esters is 1. The Kier molecular flexibility index (Phi) is 12.3. The molecular formula is C12H26O7SSi. The minimum atomic E-state index is -2.55. The third-order valence-corrected chi connectivity index (χ3v) is 6.07. The molecule has 0 amide bonds. The van der Waals surface area contributed by atoms with Gasteiger partial charge in [-0.25, -0.2) is 0 Å². The van der Waals surface area contributed by atoms with Crippen molar-refractivity contribution in [2.24, 2.45) is 0 Å². The molecule has 126 valence electrons. The van der Waals surface area contributed by atoms with E-state index in [2.05, 4.69) is 0 Å². The first-order valence-electron chi connectivity index (χ1n) is 6.59. The van der Waals surface area contributed by atoms with Crippen LogP contribution in [0, 0.1) is 0 Å². The van der Waals surface area contributed by atoms with Crippen LogP contribution < -0.4 is 0 Å². The maximum absolute atomic E-state index is 11.1. The number of hydrogen-bond donors (Lipinski definition) is 1. The summed E-state index contributed by atoms with van der Waals surface area (Å²) in [6.07, 6.45) is 1.69. The maximum atomic E-state index is 11.1. The highest BCUT2D eigenvalue weighted by molar-refractivity contribution is 7.99. The van der Waals surface area contributed by atoms with Crippen molar-refractivity contribution in [3.05, 3.63) is 0 Å². The largest absolute Gasteiger partial charge is 0.500 e. The third-order valence-electron chi connectivity index (χ3n) is 2.71. The fourth-order valence-electron chi connectivity index (χ4n) is 1.56. The van der Waals surface area contributed by atoms with Crippen LogP contribution in [0.15, 0.2) is 0 Å². The highest BCUT2D eigenvalue weighted by Gasteiger charge is 2.36. The second-order valence-corrected chi connectivity index (χ2v) is 8.20. The Morgan fingerprint density at radius 3 is 2.33 bits per heavy atom. The summed E-state index contributed by atoms with van der Waals surface area (Å²) in [5.74, 6) is -0.0525. The number of ether oxygens (including phenoxy) is 2. The predicted molar refractivity (Wildman–Crippen MR) is 82.4 cm³/mol. The summed E-state index contributed by atoms with van der Waals surface area (Å²) in [4.78, 5) is 11.1. The molecule has 0 bridgehead atoms. The van der Waals surface area contributed by atoms with E-state index in [1.54, 1.807) is 21.3 Å². The van der Waals surface area contributed by atoms with Crippen molar-refractivity contribution in [2.75, 3.05) is 53.2 Å². The van der Waals surface area contributed by atoms with Crippen LogP contribution in [0.2, 0.25) is 6.04 Å². The molecular weight excluding hydrogens is 316 g/mol. The highest BCUT2D eigenvalue weighted by atomic mass is 32.2. The van der Waals surface area contributed by atoms with E-state index in [0.29, 0.717) is 19.1 Å². The summed E-state index contributed by atoms with van der Waals surface area (Å²) in [6.45, 7) is 0.515. The summed E-state index contributed by atoms with van der Waals surface area (Å²) in [7, 11) is 2.14. The molecule has 0 aromatic rings. The van der Waals surface area contributed by atoms with Gasteiger partial charge in [-0.05, 0) is 12.7 Å². The topological polar surface area (TPSA) is 83.5 Å². The van der Waals surface area contributed by atoms with Gasteiger partial charge in [-0.3, -0.25) is 4.79 Å². The Labute approximate surface area is 131 Å². The Hall–Kier alpha value is -0.163. The molecule has 0 spiro atoms. The SMILES string of the molecule is CO[Si](CCCOCC(O)COC(=O)CSC)(OC)OC. The quantitative estimate of drug-likeness (QED) is 0.295. The monoisotopic (exact) mass is 342 g/mol. The summed E-state index contributed by atoms with van der Waals surface area (Å²) in [5, 5.41) is 9.59. The molecule has 0 radical (unpaired) electrons. The molecule has 0 saturated carbocycles. The number of hydrogen-bond acceptors (Lipinski definition) is 8. The summed E-state index contributed by atoms with van der Waals surface area (Å²) >= 11 is 1.38. The van der Waals surface area contributed by atoms with Crippen LogP contribution in [0.4, 0.5) is 0 Å².